The summed E-state index contributed by atoms with van der Waals surface area (Å²) in [5.74, 6) is 0.245. The lowest BCUT2D eigenvalue weighted by atomic mass is 10.0. The number of aryl methyl sites for hydroxylation is 1. The molecule has 1 aromatic heterocycles. The van der Waals surface area contributed by atoms with Gasteiger partial charge in [-0.1, -0.05) is 0 Å². The molecule has 126 valence electrons. The van der Waals surface area contributed by atoms with Gasteiger partial charge in [0, 0.05) is 31.7 Å². The van der Waals surface area contributed by atoms with E-state index in [2.05, 4.69) is 10.3 Å². The molecule has 0 aromatic carbocycles. The lowest BCUT2D eigenvalue weighted by molar-refractivity contribution is -0.384. The number of ether oxygens (including phenoxy) is 1. The van der Waals surface area contributed by atoms with E-state index in [4.69, 9.17) is 4.74 Å². The van der Waals surface area contributed by atoms with Crippen LogP contribution in [0.3, 0.4) is 0 Å². The number of nitrogens with zero attached hydrogens (tertiary/aromatic N) is 3. The zero-order chi connectivity index (χ0) is 17.2. The molecule has 1 fully saturated rings. The Bertz CT molecular complexity index is 606. The van der Waals surface area contributed by atoms with Crippen molar-refractivity contribution in [2.45, 2.75) is 33.3 Å². The zero-order valence-electron chi connectivity index (χ0n) is 13.8. The lowest BCUT2D eigenvalue weighted by Gasteiger charge is -2.40. The third-order valence-corrected chi connectivity index (χ3v) is 3.49. The number of carbonyl (C=O) groups excluding carboxylic acids is 1. The lowest BCUT2D eigenvalue weighted by Crippen LogP contribution is -2.53. The first-order chi connectivity index (χ1) is 10.7. The van der Waals surface area contributed by atoms with Crippen molar-refractivity contribution in [2.75, 3.05) is 25.0 Å². The van der Waals surface area contributed by atoms with E-state index in [9.17, 15) is 14.9 Å². The van der Waals surface area contributed by atoms with Gasteiger partial charge in [0.1, 0.15) is 17.5 Å². The molecule has 8 nitrogen and oxygen atoms in total. The van der Waals surface area contributed by atoms with Crippen molar-refractivity contribution >= 4 is 17.5 Å². The molecule has 1 aliphatic heterocycles. The maximum atomic E-state index is 11.8. The van der Waals surface area contributed by atoms with Gasteiger partial charge >= 0.3 is 11.8 Å². The number of likely N-dealkylation sites (tertiary alicyclic amines) is 1. The van der Waals surface area contributed by atoms with Gasteiger partial charge in [0.15, 0.2) is 0 Å². The van der Waals surface area contributed by atoms with Crippen molar-refractivity contribution in [1.82, 2.24) is 9.88 Å². The van der Waals surface area contributed by atoms with Crippen molar-refractivity contribution in [1.29, 1.82) is 0 Å². The molecule has 1 N–H and O–H groups in total. The van der Waals surface area contributed by atoms with Gasteiger partial charge in [-0.15, -0.1) is 0 Å². The molecule has 0 aliphatic carbocycles. The fraction of sp³-hybridized carbons (Fsp3) is 0.600. The van der Waals surface area contributed by atoms with Gasteiger partial charge in [-0.05, 0) is 33.3 Å². The van der Waals surface area contributed by atoms with Gasteiger partial charge in [0.05, 0.1) is 4.92 Å². The SMILES string of the molecule is Cc1cncc([N+](=O)[O-])c1NCC1CN(C(=O)OC(C)(C)C)C1. The predicted octanol–water partition coefficient (Wildman–Crippen LogP) is 2.58. The number of hydrogen-bond donors (Lipinski definition) is 1. The molecule has 8 heteroatoms. The number of nitro groups is 1. The Morgan fingerprint density at radius 2 is 2.13 bits per heavy atom. The molecule has 2 rings (SSSR count). The van der Waals surface area contributed by atoms with Crippen LogP contribution in [-0.4, -0.2) is 46.1 Å². The topological polar surface area (TPSA) is 97.6 Å². The quantitative estimate of drug-likeness (QED) is 0.676. The fourth-order valence-electron chi connectivity index (χ4n) is 2.34. The summed E-state index contributed by atoms with van der Waals surface area (Å²) in [5.41, 5.74) is 0.673. The van der Waals surface area contributed by atoms with Crippen LogP contribution in [0.5, 0.6) is 0 Å². The first-order valence-corrected chi connectivity index (χ1v) is 7.48. The molecule has 1 amide bonds. The number of amides is 1. The minimum atomic E-state index is -0.505. The summed E-state index contributed by atoms with van der Waals surface area (Å²) in [6.45, 7) is 8.99. The monoisotopic (exact) mass is 322 g/mol. The molecular weight excluding hydrogens is 300 g/mol. The fourth-order valence-corrected chi connectivity index (χ4v) is 2.34. The Morgan fingerprint density at radius 1 is 1.48 bits per heavy atom. The van der Waals surface area contributed by atoms with Gasteiger partial charge in [-0.2, -0.15) is 0 Å². The normalized spacial score (nSPS) is 15.0. The van der Waals surface area contributed by atoms with Crippen molar-refractivity contribution in [3.63, 3.8) is 0 Å². The van der Waals surface area contributed by atoms with Crippen molar-refractivity contribution in [3.8, 4) is 0 Å². The van der Waals surface area contributed by atoms with E-state index in [1.807, 2.05) is 20.8 Å². The summed E-state index contributed by atoms with van der Waals surface area (Å²) in [5, 5.41) is 14.1. The second-order valence-corrected chi connectivity index (χ2v) is 6.74. The highest BCUT2D eigenvalue weighted by Crippen LogP contribution is 2.27. The Hall–Kier alpha value is -2.38. The molecule has 0 saturated carbocycles. The predicted molar refractivity (Wildman–Crippen MR) is 85.4 cm³/mol. The van der Waals surface area contributed by atoms with Gasteiger partial charge in [-0.3, -0.25) is 15.1 Å². The summed E-state index contributed by atoms with van der Waals surface area (Å²) in [4.78, 5) is 27.9. The number of anilines is 1. The van der Waals surface area contributed by atoms with Crippen LogP contribution in [0.15, 0.2) is 12.4 Å². The standard InChI is InChI=1S/C15H22N4O4/c1-10-5-16-7-12(19(21)22)13(10)17-6-11-8-18(9-11)14(20)23-15(2,3)4/h5,7,11H,6,8-9H2,1-4H3,(H,16,17). The largest absolute Gasteiger partial charge is 0.444 e. The second kappa shape index (κ2) is 6.39. The van der Waals surface area contributed by atoms with Crippen LogP contribution >= 0.6 is 0 Å². The minimum absolute atomic E-state index is 0.0340. The van der Waals surface area contributed by atoms with E-state index in [1.165, 1.54) is 6.20 Å². The van der Waals surface area contributed by atoms with E-state index >= 15 is 0 Å². The zero-order valence-corrected chi connectivity index (χ0v) is 13.8. The number of rotatable bonds is 4. The van der Waals surface area contributed by atoms with E-state index < -0.39 is 10.5 Å². The molecule has 0 radical (unpaired) electrons. The van der Waals surface area contributed by atoms with Crippen LogP contribution in [0.1, 0.15) is 26.3 Å². The highest BCUT2D eigenvalue weighted by atomic mass is 16.6. The van der Waals surface area contributed by atoms with Crippen LogP contribution in [0.4, 0.5) is 16.2 Å². The smallest absolute Gasteiger partial charge is 0.410 e. The number of pyridine rings is 1. The van der Waals surface area contributed by atoms with Gasteiger partial charge in [0.25, 0.3) is 0 Å². The molecule has 1 aromatic rings. The number of hydrogen-bond acceptors (Lipinski definition) is 6. The Morgan fingerprint density at radius 3 is 2.70 bits per heavy atom. The highest BCUT2D eigenvalue weighted by molar-refractivity contribution is 5.69. The van der Waals surface area contributed by atoms with Crippen molar-refractivity contribution in [2.24, 2.45) is 5.92 Å². The molecule has 1 aliphatic rings. The maximum absolute atomic E-state index is 11.8. The van der Waals surface area contributed by atoms with E-state index in [-0.39, 0.29) is 17.7 Å². The van der Waals surface area contributed by atoms with Gasteiger partial charge in [-0.25, -0.2) is 4.79 Å². The molecule has 23 heavy (non-hydrogen) atoms. The number of carbonyl (C=O) groups is 1. The third-order valence-electron chi connectivity index (χ3n) is 3.49. The van der Waals surface area contributed by atoms with E-state index in [0.717, 1.165) is 5.56 Å². The number of aromatic nitrogens is 1. The van der Waals surface area contributed by atoms with Crippen molar-refractivity contribution in [3.05, 3.63) is 28.1 Å². The molecule has 0 unspecified atom stereocenters. The van der Waals surface area contributed by atoms with Crippen LogP contribution in [0, 0.1) is 23.0 Å². The molecule has 0 bridgehead atoms. The molecular formula is C15H22N4O4. The highest BCUT2D eigenvalue weighted by Gasteiger charge is 2.33. The first-order valence-electron chi connectivity index (χ1n) is 7.48. The molecule has 1 saturated heterocycles. The van der Waals surface area contributed by atoms with E-state index in [1.54, 1.807) is 18.0 Å². The second-order valence-electron chi connectivity index (χ2n) is 6.74. The maximum Gasteiger partial charge on any atom is 0.410 e. The van der Waals surface area contributed by atoms with Gasteiger partial charge in [0.2, 0.25) is 0 Å². The number of nitrogens with one attached hydrogen (secondary N) is 1. The summed E-state index contributed by atoms with van der Waals surface area (Å²) >= 11 is 0. The van der Waals surface area contributed by atoms with Crippen LogP contribution in [0.2, 0.25) is 0 Å². The summed E-state index contributed by atoms with van der Waals surface area (Å²) < 4.78 is 5.29. The summed E-state index contributed by atoms with van der Waals surface area (Å²) in [6.07, 6.45) is 2.51. The van der Waals surface area contributed by atoms with Gasteiger partial charge < -0.3 is 15.0 Å². The molecule has 2 heterocycles. The third kappa shape index (κ3) is 4.30. The average Bonchev–Trinajstić information content (AvgIpc) is 2.35. The van der Waals surface area contributed by atoms with Crippen LogP contribution in [-0.2, 0) is 4.74 Å². The average molecular weight is 322 g/mol. The molecule has 0 atom stereocenters. The Balaban J connectivity index is 1.86. The van der Waals surface area contributed by atoms with Crippen molar-refractivity contribution < 1.29 is 14.5 Å². The first kappa shape index (κ1) is 17.0. The summed E-state index contributed by atoms with van der Waals surface area (Å²) in [6, 6.07) is 0. The van der Waals surface area contributed by atoms with Crippen LogP contribution < -0.4 is 5.32 Å². The van der Waals surface area contributed by atoms with E-state index in [0.29, 0.717) is 25.3 Å². The Labute approximate surface area is 135 Å². The minimum Gasteiger partial charge on any atom is -0.444 e. The van der Waals surface area contributed by atoms with Crippen LogP contribution in [0.25, 0.3) is 0 Å². The Kier molecular flexibility index (Phi) is 4.72. The molecule has 0 spiro atoms. The summed E-state index contributed by atoms with van der Waals surface area (Å²) in [7, 11) is 0.